The fraction of sp³-hybridized carbons (Fsp3) is 1.00. The number of hydrogen-bond acceptors (Lipinski definition) is 2. The molecule has 5 heteroatoms. The smallest absolute Gasteiger partial charge is 0.311 e. The van der Waals surface area contributed by atoms with Crippen molar-refractivity contribution in [2.45, 2.75) is 95.6 Å². The van der Waals surface area contributed by atoms with E-state index in [1.807, 2.05) is 0 Å². The molecular weight excluding hydrogens is 277 g/mol. The van der Waals surface area contributed by atoms with Crippen LogP contribution < -0.4 is 10.6 Å². The zero-order valence-corrected chi connectivity index (χ0v) is 13.6. The normalized spacial score (nSPS) is 33.9. The van der Waals surface area contributed by atoms with Crippen LogP contribution in [0.25, 0.3) is 0 Å². The van der Waals surface area contributed by atoms with Gasteiger partial charge < -0.3 is 10.6 Å². The Bertz CT molecular complexity index is 339. The number of alkyl halides is 3. The predicted octanol–water partition coefficient (Wildman–Crippen LogP) is 4.01. The van der Waals surface area contributed by atoms with Gasteiger partial charge in [0.15, 0.2) is 0 Å². The molecule has 0 aromatic rings. The van der Waals surface area contributed by atoms with Crippen molar-refractivity contribution < 1.29 is 13.2 Å². The second kappa shape index (κ2) is 5.73. The number of rotatable bonds is 2. The highest BCUT2D eigenvalue weighted by atomic mass is 19.4. The highest BCUT2D eigenvalue weighted by Gasteiger charge is 2.43. The molecule has 2 rings (SSSR count). The van der Waals surface area contributed by atoms with E-state index in [4.69, 9.17) is 0 Å². The number of nitrogens with one attached hydrogen (secondary N) is 2. The molecule has 0 aromatic carbocycles. The molecule has 1 saturated heterocycles. The Morgan fingerprint density at radius 1 is 0.857 bits per heavy atom. The van der Waals surface area contributed by atoms with Gasteiger partial charge >= 0.3 is 6.18 Å². The van der Waals surface area contributed by atoms with Gasteiger partial charge in [-0.05, 0) is 66.2 Å². The fourth-order valence-electron chi connectivity index (χ4n) is 4.36. The second-order valence-electron chi connectivity index (χ2n) is 8.25. The Labute approximate surface area is 126 Å². The van der Waals surface area contributed by atoms with E-state index in [9.17, 15) is 13.2 Å². The van der Waals surface area contributed by atoms with Gasteiger partial charge in [0.05, 0.1) is 5.92 Å². The van der Waals surface area contributed by atoms with Gasteiger partial charge in [-0.3, -0.25) is 0 Å². The third-order valence-corrected chi connectivity index (χ3v) is 4.85. The van der Waals surface area contributed by atoms with Gasteiger partial charge in [-0.2, -0.15) is 13.2 Å². The minimum Gasteiger partial charge on any atom is -0.311 e. The molecule has 2 fully saturated rings. The molecule has 0 radical (unpaired) electrons. The Hall–Kier alpha value is -0.290. The first-order chi connectivity index (χ1) is 9.47. The van der Waals surface area contributed by atoms with Gasteiger partial charge in [0.2, 0.25) is 0 Å². The van der Waals surface area contributed by atoms with Crippen molar-refractivity contribution in [1.29, 1.82) is 0 Å². The molecule has 1 aliphatic heterocycles. The molecule has 21 heavy (non-hydrogen) atoms. The molecule has 2 nitrogen and oxygen atoms in total. The number of hydrogen-bond donors (Lipinski definition) is 2. The van der Waals surface area contributed by atoms with Gasteiger partial charge in [0.25, 0.3) is 0 Å². The van der Waals surface area contributed by atoms with Crippen LogP contribution in [0.2, 0.25) is 0 Å². The monoisotopic (exact) mass is 306 g/mol. The lowest BCUT2D eigenvalue weighted by atomic mass is 9.78. The zero-order valence-electron chi connectivity index (χ0n) is 13.6. The summed E-state index contributed by atoms with van der Waals surface area (Å²) in [6, 6.07) is 0.641. The van der Waals surface area contributed by atoms with Gasteiger partial charge in [-0.1, -0.05) is 0 Å². The number of piperidine rings is 1. The first-order valence-electron chi connectivity index (χ1n) is 8.09. The maximum absolute atomic E-state index is 12.7. The zero-order chi connectivity index (χ0) is 15.9. The van der Waals surface area contributed by atoms with Crippen LogP contribution in [0.1, 0.15) is 66.2 Å². The molecule has 0 unspecified atom stereocenters. The molecule has 2 N–H and O–H groups in total. The highest BCUT2D eigenvalue weighted by molar-refractivity contribution is 5.00. The van der Waals surface area contributed by atoms with Gasteiger partial charge in [0, 0.05) is 23.2 Å². The molecule has 0 atom stereocenters. The van der Waals surface area contributed by atoms with Gasteiger partial charge in [-0.15, -0.1) is 0 Å². The topological polar surface area (TPSA) is 24.1 Å². The van der Waals surface area contributed by atoms with Crippen LogP contribution in [0.15, 0.2) is 0 Å². The molecule has 0 spiro atoms. The average molecular weight is 306 g/mol. The van der Waals surface area contributed by atoms with Crippen LogP contribution in [0.3, 0.4) is 0 Å². The predicted molar refractivity (Wildman–Crippen MR) is 79.3 cm³/mol. The molecule has 2 aliphatic rings. The van der Waals surface area contributed by atoms with Crippen molar-refractivity contribution in [2.75, 3.05) is 0 Å². The standard InChI is InChI=1S/C16H29F3N2/c1-14(2)9-13(10-15(3,4)21-14)20-12-7-5-11(6-8-12)16(17,18)19/h11-13,20-21H,5-10H2,1-4H3. The Morgan fingerprint density at radius 3 is 1.76 bits per heavy atom. The van der Waals surface area contributed by atoms with Crippen LogP contribution in [0, 0.1) is 5.92 Å². The second-order valence-corrected chi connectivity index (χ2v) is 8.25. The Morgan fingerprint density at radius 2 is 1.33 bits per heavy atom. The molecule has 0 bridgehead atoms. The minimum atomic E-state index is -4.01. The van der Waals surface area contributed by atoms with E-state index in [1.54, 1.807) is 0 Å². The molecule has 0 amide bonds. The summed E-state index contributed by atoms with van der Waals surface area (Å²) in [5.74, 6) is -1.09. The van der Waals surface area contributed by atoms with Gasteiger partial charge in [0.1, 0.15) is 0 Å². The summed E-state index contributed by atoms with van der Waals surface area (Å²) >= 11 is 0. The number of halogens is 3. The summed E-state index contributed by atoms with van der Waals surface area (Å²) in [6.45, 7) is 8.79. The maximum atomic E-state index is 12.7. The van der Waals surface area contributed by atoms with Crippen LogP contribution in [-0.4, -0.2) is 29.3 Å². The van der Waals surface area contributed by atoms with E-state index in [1.165, 1.54) is 0 Å². The lowest BCUT2D eigenvalue weighted by molar-refractivity contribution is -0.182. The van der Waals surface area contributed by atoms with Crippen molar-refractivity contribution in [3.05, 3.63) is 0 Å². The molecule has 124 valence electrons. The quantitative estimate of drug-likeness (QED) is 0.805. The first kappa shape index (κ1) is 17.1. The van der Waals surface area contributed by atoms with Crippen LogP contribution in [0.5, 0.6) is 0 Å². The summed E-state index contributed by atoms with van der Waals surface area (Å²) in [6.07, 6.45) is -0.114. The first-order valence-corrected chi connectivity index (χ1v) is 8.09. The van der Waals surface area contributed by atoms with E-state index in [2.05, 4.69) is 38.3 Å². The average Bonchev–Trinajstić information content (AvgIpc) is 2.23. The highest BCUT2D eigenvalue weighted by Crippen LogP contribution is 2.38. The lowest BCUT2D eigenvalue weighted by Gasteiger charge is -2.48. The van der Waals surface area contributed by atoms with Crippen molar-refractivity contribution >= 4 is 0 Å². The molecule has 1 aliphatic carbocycles. The van der Waals surface area contributed by atoms with Crippen LogP contribution in [0.4, 0.5) is 13.2 Å². The van der Waals surface area contributed by atoms with E-state index in [0.717, 1.165) is 12.8 Å². The summed E-state index contributed by atoms with van der Waals surface area (Å²) in [7, 11) is 0. The van der Waals surface area contributed by atoms with Crippen molar-refractivity contribution in [3.63, 3.8) is 0 Å². The van der Waals surface area contributed by atoms with Crippen molar-refractivity contribution in [3.8, 4) is 0 Å². The molecule has 1 saturated carbocycles. The van der Waals surface area contributed by atoms with E-state index in [-0.39, 0.29) is 30.0 Å². The Balaban J connectivity index is 1.86. The van der Waals surface area contributed by atoms with E-state index >= 15 is 0 Å². The lowest BCUT2D eigenvalue weighted by Crippen LogP contribution is -2.62. The summed E-state index contributed by atoms with van der Waals surface area (Å²) < 4.78 is 38.1. The van der Waals surface area contributed by atoms with Crippen LogP contribution in [-0.2, 0) is 0 Å². The van der Waals surface area contributed by atoms with E-state index < -0.39 is 12.1 Å². The largest absolute Gasteiger partial charge is 0.391 e. The summed E-state index contributed by atoms with van der Waals surface area (Å²) in [5.41, 5.74) is 0.144. The summed E-state index contributed by atoms with van der Waals surface area (Å²) in [4.78, 5) is 0. The third-order valence-electron chi connectivity index (χ3n) is 4.85. The molecule has 1 heterocycles. The van der Waals surface area contributed by atoms with Crippen molar-refractivity contribution in [2.24, 2.45) is 5.92 Å². The molecular formula is C16H29F3N2. The Kier molecular flexibility index (Phi) is 4.66. The molecule has 0 aromatic heterocycles. The van der Waals surface area contributed by atoms with Crippen LogP contribution >= 0.6 is 0 Å². The SMILES string of the molecule is CC1(C)CC(NC2CCC(C(F)(F)F)CC2)CC(C)(C)N1. The van der Waals surface area contributed by atoms with Crippen molar-refractivity contribution in [1.82, 2.24) is 10.6 Å². The minimum absolute atomic E-state index is 0.0720. The maximum Gasteiger partial charge on any atom is 0.391 e. The summed E-state index contributed by atoms with van der Waals surface area (Å²) in [5, 5.41) is 7.27. The fourth-order valence-corrected chi connectivity index (χ4v) is 4.36. The van der Waals surface area contributed by atoms with E-state index in [0.29, 0.717) is 18.9 Å². The van der Waals surface area contributed by atoms with Gasteiger partial charge in [-0.25, -0.2) is 0 Å². The third kappa shape index (κ3) is 4.85.